The number of rotatable bonds is 4. The summed E-state index contributed by atoms with van der Waals surface area (Å²) in [5, 5.41) is 5.17. The first-order chi connectivity index (χ1) is 10.9. The number of hydrogen-bond acceptors (Lipinski definition) is 4. The Morgan fingerprint density at radius 1 is 0.957 bits per heavy atom. The lowest BCUT2D eigenvalue weighted by atomic mass is 10.1. The standard InChI is InChI=1S/C17H17N3O3/c1-10(21)11-4-3-5-13(8-11)20-17(23)14-7-6-12(9-15(14)18)16(22)19-2/h3-9H,18H2,1-2H3,(H,19,22)(H,20,23). The van der Waals surface area contributed by atoms with Crippen molar-refractivity contribution in [3.05, 3.63) is 59.2 Å². The third-order valence-corrected chi connectivity index (χ3v) is 3.31. The van der Waals surface area contributed by atoms with Crippen LogP contribution in [0.2, 0.25) is 0 Å². The Morgan fingerprint density at radius 2 is 1.70 bits per heavy atom. The van der Waals surface area contributed by atoms with Gasteiger partial charge in [-0.3, -0.25) is 14.4 Å². The number of hydrogen-bond donors (Lipinski definition) is 3. The van der Waals surface area contributed by atoms with Gasteiger partial charge in [0.15, 0.2) is 5.78 Å². The first-order valence-corrected chi connectivity index (χ1v) is 6.96. The predicted octanol–water partition coefficient (Wildman–Crippen LogP) is 2.08. The number of anilines is 2. The van der Waals surface area contributed by atoms with Gasteiger partial charge in [-0.25, -0.2) is 0 Å². The summed E-state index contributed by atoms with van der Waals surface area (Å²) in [6, 6.07) is 11.1. The summed E-state index contributed by atoms with van der Waals surface area (Å²) in [5.74, 6) is -0.778. The number of ketones is 1. The van der Waals surface area contributed by atoms with Crippen LogP contribution in [0.4, 0.5) is 11.4 Å². The Hall–Kier alpha value is -3.15. The minimum absolute atomic E-state index is 0.0875. The van der Waals surface area contributed by atoms with Gasteiger partial charge in [0.1, 0.15) is 0 Å². The van der Waals surface area contributed by atoms with Crippen molar-refractivity contribution < 1.29 is 14.4 Å². The molecule has 0 aliphatic heterocycles. The van der Waals surface area contributed by atoms with Crippen LogP contribution in [-0.2, 0) is 0 Å². The van der Waals surface area contributed by atoms with Gasteiger partial charge in [-0.15, -0.1) is 0 Å². The predicted molar refractivity (Wildman–Crippen MR) is 88.6 cm³/mol. The molecule has 0 unspecified atom stereocenters. The van der Waals surface area contributed by atoms with E-state index in [2.05, 4.69) is 10.6 Å². The smallest absolute Gasteiger partial charge is 0.257 e. The molecule has 0 fully saturated rings. The van der Waals surface area contributed by atoms with E-state index in [1.807, 2.05) is 0 Å². The third kappa shape index (κ3) is 3.74. The Bertz CT molecular complexity index is 784. The molecule has 2 aromatic rings. The Balaban J connectivity index is 2.22. The molecule has 6 heteroatoms. The maximum Gasteiger partial charge on any atom is 0.257 e. The van der Waals surface area contributed by atoms with Gasteiger partial charge >= 0.3 is 0 Å². The molecule has 0 aliphatic carbocycles. The van der Waals surface area contributed by atoms with E-state index >= 15 is 0 Å². The minimum atomic E-state index is -0.411. The molecular weight excluding hydrogens is 294 g/mol. The van der Waals surface area contributed by atoms with Crippen molar-refractivity contribution in [1.82, 2.24) is 5.32 Å². The van der Waals surface area contributed by atoms with Gasteiger partial charge in [-0.1, -0.05) is 12.1 Å². The molecule has 0 aliphatic rings. The summed E-state index contributed by atoms with van der Waals surface area (Å²) in [4.78, 5) is 35.2. The van der Waals surface area contributed by atoms with Gasteiger partial charge in [0.2, 0.25) is 0 Å². The molecule has 118 valence electrons. The van der Waals surface area contributed by atoms with Crippen molar-refractivity contribution in [2.75, 3.05) is 18.1 Å². The zero-order valence-corrected chi connectivity index (χ0v) is 12.8. The molecule has 0 atom stereocenters. The van der Waals surface area contributed by atoms with Crippen molar-refractivity contribution in [3.63, 3.8) is 0 Å². The highest BCUT2D eigenvalue weighted by Gasteiger charge is 2.13. The van der Waals surface area contributed by atoms with Crippen LogP contribution in [0.3, 0.4) is 0 Å². The van der Waals surface area contributed by atoms with Gasteiger partial charge in [-0.2, -0.15) is 0 Å². The van der Waals surface area contributed by atoms with Crippen LogP contribution in [0.5, 0.6) is 0 Å². The number of carbonyl (C=O) groups is 3. The molecule has 2 aromatic carbocycles. The Labute approximate surface area is 133 Å². The Kier molecular flexibility index (Phi) is 4.75. The number of nitrogen functional groups attached to an aromatic ring is 1. The number of Topliss-reactive ketones (excluding diaryl/α,β-unsaturated/α-hetero) is 1. The SMILES string of the molecule is CNC(=O)c1ccc(C(=O)Nc2cccc(C(C)=O)c2)c(N)c1. The normalized spacial score (nSPS) is 10.0. The highest BCUT2D eigenvalue weighted by molar-refractivity contribution is 6.09. The summed E-state index contributed by atoms with van der Waals surface area (Å²) in [7, 11) is 1.52. The molecular formula is C17H17N3O3. The summed E-state index contributed by atoms with van der Waals surface area (Å²) in [6.45, 7) is 1.45. The highest BCUT2D eigenvalue weighted by atomic mass is 16.2. The summed E-state index contributed by atoms with van der Waals surface area (Å²) in [6.07, 6.45) is 0. The van der Waals surface area contributed by atoms with Crippen molar-refractivity contribution in [2.45, 2.75) is 6.92 Å². The van der Waals surface area contributed by atoms with E-state index in [-0.39, 0.29) is 22.9 Å². The number of amides is 2. The number of nitrogens with two attached hydrogens (primary N) is 1. The average molecular weight is 311 g/mol. The quantitative estimate of drug-likeness (QED) is 0.594. The Morgan fingerprint density at radius 3 is 2.30 bits per heavy atom. The van der Waals surface area contributed by atoms with E-state index in [1.54, 1.807) is 24.3 Å². The first kappa shape index (κ1) is 16.2. The van der Waals surface area contributed by atoms with E-state index in [4.69, 9.17) is 5.73 Å². The monoisotopic (exact) mass is 311 g/mol. The molecule has 0 spiro atoms. The van der Waals surface area contributed by atoms with Crippen molar-refractivity contribution in [1.29, 1.82) is 0 Å². The molecule has 2 rings (SSSR count). The van der Waals surface area contributed by atoms with Crippen LogP contribution in [0.1, 0.15) is 38.0 Å². The molecule has 23 heavy (non-hydrogen) atoms. The van der Waals surface area contributed by atoms with Crippen LogP contribution in [0.25, 0.3) is 0 Å². The largest absolute Gasteiger partial charge is 0.398 e. The fourth-order valence-corrected chi connectivity index (χ4v) is 2.07. The maximum atomic E-state index is 12.3. The fraction of sp³-hybridized carbons (Fsp3) is 0.118. The molecule has 6 nitrogen and oxygen atoms in total. The lowest BCUT2D eigenvalue weighted by Gasteiger charge is -2.09. The topological polar surface area (TPSA) is 101 Å². The van der Waals surface area contributed by atoms with E-state index in [0.29, 0.717) is 16.8 Å². The highest BCUT2D eigenvalue weighted by Crippen LogP contribution is 2.18. The summed E-state index contributed by atoms with van der Waals surface area (Å²) >= 11 is 0. The minimum Gasteiger partial charge on any atom is -0.398 e. The van der Waals surface area contributed by atoms with E-state index < -0.39 is 5.91 Å². The van der Waals surface area contributed by atoms with E-state index in [0.717, 1.165) is 0 Å². The lowest BCUT2D eigenvalue weighted by Crippen LogP contribution is -2.19. The molecule has 0 radical (unpaired) electrons. The van der Waals surface area contributed by atoms with Gasteiger partial charge in [0.25, 0.3) is 11.8 Å². The third-order valence-electron chi connectivity index (χ3n) is 3.31. The van der Waals surface area contributed by atoms with E-state index in [9.17, 15) is 14.4 Å². The van der Waals surface area contributed by atoms with Crippen molar-refractivity contribution in [2.24, 2.45) is 0 Å². The molecule has 2 amide bonds. The van der Waals surface area contributed by atoms with Gasteiger partial charge in [0, 0.05) is 29.5 Å². The van der Waals surface area contributed by atoms with Gasteiger partial charge in [0.05, 0.1) is 5.56 Å². The van der Waals surface area contributed by atoms with E-state index in [1.165, 1.54) is 32.2 Å². The molecule has 0 saturated carbocycles. The second-order valence-electron chi connectivity index (χ2n) is 4.97. The van der Waals surface area contributed by atoms with Crippen molar-refractivity contribution >= 4 is 29.0 Å². The zero-order valence-electron chi connectivity index (χ0n) is 12.8. The fourth-order valence-electron chi connectivity index (χ4n) is 2.07. The molecule has 0 bridgehead atoms. The second kappa shape index (κ2) is 6.74. The van der Waals surface area contributed by atoms with Crippen LogP contribution < -0.4 is 16.4 Å². The van der Waals surface area contributed by atoms with Gasteiger partial charge < -0.3 is 16.4 Å². The second-order valence-corrected chi connectivity index (χ2v) is 4.97. The number of nitrogens with one attached hydrogen (secondary N) is 2. The van der Waals surface area contributed by atoms with Crippen LogP contribution in [-0.4, -0.2) is 24.6 Å². The summed E-state index contributed by atoms with van der Waals surface area (Å²) < 4.78 is 0. The maximum absolute atomic E-state index is 12.3. The van der Waals surface area contributed by atoms with Crippen LogP contribution >= 0.6 is 0 Å². The number of carbonyl (C=O) groups excluding carboxylic acids is 3. The van der Waals surface area contributed by atoms with Gasteiger partial charge in [-0.05, 0) is 37.3 Å². The average Bonchev–Trinajstić information content (AvgIpc) is 2.54. The van der Waals surface area contributed by atoms with Crippen molar-refractivity contribution in [3.8, 4) is 0 Å². The zero-order chi connectivity index (χ0) is 17.0. The molecule has 0 saturated heterocycles. The number of benzene rings is 2. The molecule has 4 N–H and O–H groups in total. The van der Waals surface area contributed by atoms with Crippen LogP contribution in [0.15, 0.2) is 42.5 Å². The lowest BCUT2D eigenvalue weighted by molar-refractivity contribution is 0.0960. The molecule has 0 heterocycles. The summed E-state index contributed by atoms with van der Waals surface area (Å²) in [5.41, 5.74) is 7.69. The molecule has 0 aromatic heterocycles. The van der Waals surface area contributed by atoms with Crippen LogP contribution in [0, 0.1) is 0 Å². The first-order valence-electron chi connectivity index (χ1n) is 6.96.